The molecule has 0 radical (unpaired) electrons. The van der Waals surface area contributed by atoms with Crippen molar-refractivity contribution in [2.75, 3.05) is 35.9 Å². The van der Waals surface area contributed by atoms with Gasteiger partial charge in [-0.2, -0.15) is 0 Å². The number of anilines is 2. The average molecular weight is 449 g/mol. The molecule has 31 heavy (non-hydrogen) atoms. The normalized spacial score (nSPS) is 15.8. The van der Waals surface area contributed by atoms with Crippen LogP contribution in [0.3, 0.4) is 0 Å². The lowest BCUT2D eigenvalue weighted by atomic mass is 10.1. The summed E-state index contributed by atoms with van der Waals surface area (Å²) in [5.74, 6) is 0.0220. The van der Waals surface area contributed by atoms with E-state index in [0.717, 1.165) is 37.9 Å². The van der Waals surface area contributed by atoms with Gasteiger partial charge < -0.3 is 15.1 Å². The Hall–Kier alpha value is -2.85. The van der Waals surface area contributed by atoms with Crippen molar-refractivity contribution in [2.24, 2.45) is 0 Å². The maximum absolute atomic E-state index is 13.0. The predicted molar refractivity (Wildman–Crippen MR) is 118 cm³/mol. The summed E-state index contributed by atoms with van der Waals surface area (Å²) < 4.78 is 31.4. The number of piperidine rings is 1. The Morgan fingerprint density at radius 2 is 1.90 bits per heavy atom. The molecule has 9 nitrogen and oxygen atoms in total. The second-order valence-corrected chi connectivity index (χ2v) is 9.40. The lowest BCUT2D eigenvalue weighted by Crippen LogP contribution is -2.40. The average Bonchev–Trinajstić information content (AvgIpc) is 3.23. The molecular weight excluding hydrogens is 420 g/mol. The predicted octanol–water partition coefficient (Wildman–Crippen LogP) is 2.57. The van der Waals surface area contributed by atoms with E-state index in [2.05, 4.69) is 20.3 Å². The van der Waals surface area contributed by atoms with Gasteiger partial charge in [-0.1, -0.05) is 6.42 Å². The summed E-state index contributed by atoms with van der Waals surface area (Å²) >= 11 is 0. The zero-order chi connectivity index (χ0) is 22.4. The highest BCUT2D eigenvalue weighted by atomic mass is 32.2. The molecule has 0 spiro atoms. The molecule has 0 bridgehead atoms. The van der Waals surface area contributed by atoms with Crippen LogP contribution in [0.5, 0.6) is 0 Å². The summed E-state index contributed by atoms with van der Waals surface area (Å²) in [5, 5.41) is 5.51. The lowest BCUT2D eigenvalue weighted by Gasteiger charge is -2.33. The third kappa shape index (κ3) is 6.56. The van der Waals surface area contributed by atoms with E-state index in [1.165, 1.54) is 31.5 Å². The molecule has 1 unspecified atom stereocenters. The number of likely N-dealkylation sites (tertiary alicyclic amines) is 1. The van der Waals surface area contributed by atoms with Crippen LogP contribution in [0.1, 0.15) is 48.3 Å². The van der Waals surface area contributed by atoms with E-state index in [1.54, 1.807) is 6.26 Å². The van der Waals surface area contributed by atoms with Gasteiger partial charge in [-0.05, 0) is 56.3 Å². The zero-order valence-corrected chi connectivity index (χ0v) is 18.5. The van der Waals surface area contributed by atoms with Crippen LogP contribution in [0.4, 0.5) is 11.4 Å². The number of nitrogens with zero attached hydrogens (tertiary/aromatic N) is 1. The summed E-state index contributed by atoms with van der Waals surface area (Å²) in [6.45, 7) is 3.49. The van der Waals surface area contributed by atoms with Crippen molar-refractivity contribution >= 4 is 33.2 Å². The Morgan fingerprint density at radius 3 is 2.52 bits per heavy atom. The van der Waals surface area contributed by atoms with E-state index in [0.29, 0.717) is 12.2 Å². The van der Waals surface area contributed by atoms with Gasteiger partial charge in [0, 0.05) is 19.2 Å². The van der Waals surface area contributed by atoms with Crippen molar-refractivity contribution in [3.8, 4) is 0 Å². The third-order valence-corrected chi connectivity index (χ3v) is 5.63. The standard InChI is InChI=1S/C21H28N4O5S/c1-15(26)23-16-8-9-18(24-31(2,28)29)17(13-16)21(27)22-14-19(20-7-6-12-30-20)25-10-4-3-5-11-25/h6-9,12-13,19,24H,3-5,10-11,14H2,1-2H3,(H,22,27)(H,23,26). The summed E-state index contributed by atoms with van der Waals surface area (Å²) in [5.41, 5.74) is 0.658. The van der Waals surface area contributed by atoms with E-state index in [9.17, 15) is 18.0 Å². The molecule has 168 valence electrons. The number of rotatable bonds is 8. The SMILES string of the molecule is CC(=O)Nc1ccc(NS(C)(=O)=O)c(C(=O)NCC(c2ccco2)N2CCCCC2)c1. The van der Waals surface area contributed by atoms with E-state index in [4.69, 9.17) is 4.42 Å². The Kier molecular flexibility index (Phi) is 7.34. The molecule has 1 aromatic heterocycles. The first-order valence-electron chi connectivity index (χ1n) is 10.2. The van der Waals surface area contributed by atoms with Crippen LogP contribution in [-0.4, -0.2) is 51.0 Å². The molecule has 1 aliphatic heterocycles. The Morgan fingerprint density at radius 1 is 1.16 bits per heavy atom. The largest absolute Gasteiger partial charge is 0.468 e. The van der Waals surface area contributed by atoms with E-state index < -0.39 is 15.9 Å². The van der Waals surface area contributed by atoms with Gasteiger partial charge in [0.15, 0.2) is 0 Å². The highest BCUT2D eigenvalue weighted by Gasteiger charge is 2.26. The van der Waals surface area contributed by atoms with Gasteiger partial charge in [0.25, 0.3) is 5.91 Å². The number of furan rings is 1. The van der Waals surface area contributed by atoms with Crippen molar-refractivity contribution in [3.63, 3.8) is 0 Å². The van der Waals surface area contributed by atoms with Gasteiger partial charge in [0.05, 0.1) is 29.8 Å². The highest BCUT2D eigenvalue weighted by Crippen LogP contribution is 2.26. The molecule has 0 saturated carbocycles. The van der Waals surface area contributed by atoms with Crippen molar-refractivity contribution in [3.05, 3.63) is 47.9 Å². The first kappa shape index (κ1) is 22.8. The second kappa shape index (κ2) is 9.97. The number of hydrogen-bond acceptors (Lipinski definition) is 6. The Labute approximate surface area is 182 Å². The van der Waals surface area contributed by atoms with Crippen molar-refractivity contribution in [2.45, 2.75) is 32.2 Å². The van der Waals surface area contributed by atoms with E-state index in [-0.39, 0.29) is 23.2 Å². The van der Waals surface area contributed by atoms with E-state index >= 15 is 0 Å². The molecule has 3 N–H and O–H groups in total. The Balaban J connectivity index is 1.81. The third-order valence-electron chi connectivity index (χ3n) is 5.04. The van der Waals surface area contributed by atoms with Crippen LogP contribution >= 0.6 is 0 Å². The number of nitrogens with one attached hydrogen (secondary N) is 3. The fourth-order valence-corrected chi connectivity index (χ4v) is 4.28. The molecule has 1 atom stereocenters. The second-order valence-electron chi connectivity index (χ2n) is 7.65. The van der Waals surface area contributed by atoms with Crippen molar-refractivity contribution in [1.82, 2.24) is 10.2 Å². The fourth-order valence-electron chi connectivity index (χ4n) is 3.71. The number of benzene rings is 1. The molecule has 1 saturated heterocycles. The minimum absolute atomic E-state index is 0.119. The number of hydrogen-bond donors (Lipinski definition) is 3. The summed E-state index contributed by atoms with van der Waals surface area (Å²) in [6, 6.07) is 8.02. The van der Waals surface area contributed by atoms with Crippen LogP contribution in [-0.2, 0) is 14.8 Å². The molecule has 2 amide bonds. The minimum Gasteiger partial charge on any atom is -0.468 e. The molecule has 0 aliphatic carbocycles. The van der Waals surface area contributed by atoms with Crippen LogP contribution in [0.15, 0.2) is 41.0 Å². The zero-order valence-electron chi connectivity index (χ0n) is 17.7. The van der Waals surface area contributed by atoms with Gasteiger partial charge in [-0.15, -0.1) is 0 Å². The summed E-state index contributed by atoms with van der Waals surface area (Å²) in [4.78, 5) is 26.7. The number of amides is 2. The number of carbonyl (C=O) groups is 2. The molecule has 1 fully saturated rings. The molecular formula is C21H28N4O5S. The lowest BCUT2D eigenvalue weighted by molar-refractivity contribution is -0.114. The van der Waals surface area contributed by atoms with Gasteiger partial charge in [0.1, 0.15) is 5.76 Å². The quantitative estimate of drug-likeness (QED) is 0.571. The van der Waals surface area contributed by atoms with Crippen molar-refractivity contribution < 1.29 is 22.4 Å². The monoisotopic (exact) mass is 448 g/mol. The van der Waals surface area contributed by atoms with Gasteiger partial charge >= 0.3 is 0 Å². The number of sulfonamides is 1. The smallest absolute Gasteiger partial charge is 0.253 e. The fraction of sp³-hybridized carbons (Fsp3) is 0.429. The maximum Gasteiger partial charge on any atom is 0.253 e. The van der Waals surface area contributed by atoms with Crippen LogP contribution in [0.25, 0.3) is 0 Å². The van der Waals surface area contributed by atoms with Gasteiger partial charge in [-0.3, -0.25) is 19.2 Å². The van der Waals surface area contributed by atoms with E-state index in [1.807, 2.05) is 12.1 Å². The topological polar surface area (TPSA) is 121 Å². The number of carbonyl (C=O) groups excluding carboxylic acids is 2. The molecule has 1 aromatic carbocycles. The van der Waals surface area contributed by atoms with Gasteiger partial charge in [0.2, 0.25) is 15.9 Å². The minimum atomic E-state index is -3.59. The first-order chi connectivity index (χ1) is 14.7. The summed E-state index contributed by atoms with van der Waals surface area (Å²) in [6.07, 6.45) is 5.99. The molecule has 3 rings (SSSR count). The van der Waals surface area contributed by atoms with Gasteiger partial charge in [-0.25, -0.2) is 8.42 Å². The van der Waals surface area contributed by atoms with Crippen LogP contribution < -0.4 is 15.4 Å². The highest BCUT2D eigenvalue weighted by molar-refractivity contribution is 7.92. The molecule has 10 heteroatoms. The molecule has 2 aromatic rings. The first-order valence-corrected chi connectivity index (χ1v) is 12.1. The van der Waals surface area contributed by atoms with Crippen LogP contribution in [0.2, 0.25) is 0 Å². The Bertz CT molecular complexity index is 1010. The van der Waals surface area contributed by atoms with Crippen LogP contribution in [0, 0.1) is 0 Å². The van der Waals surface area contributed by atoms with Crippen molar-refractivity contribution in [1.29, 1.82) is 0 Å². The molecule has 2 heterocycles. The summed E-state index contributed by atoms with van der Waals surface area (Å²) in [7, 11) is -3.59. The molecule has 1 aliphatic rings. The maximum atomic E-state index is 13.0.